The van der Waals surface area contributed by atoms with Crippen LogP contribution in [0.2, 0.25) is 0 Å². The maximum atomic E-state index is 12.3. The second kappa shape index (κ2) is 15.5. The zero-order valence-electron chi connectivity index (χ0n) is 18.7. The highest BCUT2D eigenvalue weighted by Gasteiger charge is 2.08. The second-order valence-corrected chi connectivity index (χ2v) is 8.10. The summed E-state index contributed by atoms with van der Waals surface area (Å²) in [5, 5.41) is 3.02. The molecule has 1 amide bonds. The first kappa shape index (κ1) is 24.0. The third-order valence-corrected chi connectivity index (χ3v) is 5.41. The normalized spacial score (nSPS) is 10.7. The Morgan fingerprint density at radius 3 is 1.97 bits per heavy atom. The first-order valence-corrected chi connectivity index (χ1v) is 11.8. The average molecular weight is 410 g/mol. The molecule has 30 heavy (non-hydrogen) atoms. The summed E-state index contributed by atoms with van der Waals surface area (Å²) in [6.45, 7) is 2.76. The van der Waals surface area contributed by atoms with E-state index in [9.17, 15) is 4.79 Å². The molecule has 164 valence electrons. The number of ether oxygens (including phenoxy) is 1. The molecule has 0 saturated carbocycles. The Kier molecular flexibility index (Phi) is 12.4. The first-order valence-electron chi connectivity index (χ1n) is 11.8. The molecule has 3 heteroatoms. The average Bonchev–Trinajstić information content (AvgIpc) is 2.77. The van der Waals surface area contributed by atoms with E-state index in [0.717, 1.165) is 24.1 Å². The highest BCUT2D eigenvalue weighted by atomic mass is 16.5. The van der Waals surface area contributed by atoms with Gasteiger partial charge in [0.1, 0.15) is 12.4 Å². The molecule has 0 heterocycles. The molecule has 0 aliphatic rings. The van der Waals surface area contributed by atoms with Gasteiger partial charge >= 0.3 is 0 Å². The van der Waals surface area contributed by atoms with Crippen molar-refractivity contribution in [1.29, 1.82) is 0 Å². The van der Waals surface area contributed by atoms with Crippen LogP contribution in [0.25, 0.3) is 0 Å². The van der Waals surface area contributed by atoms with Gasteiger partial charge in [-0.1, -0.05) is 114 Å². The van der Waals surface area contributed by atoms with Crippen LogP contribution in [-0.2, 0) is 11.4 Å². The predicted octanol–water partition coefficient (Wildman–Crippen LogP) is 7.91. The summed E-state index contributed by atoms with van der Waals surface area (Å²) in [5.41, 5.74) is 1.86. The standard InChI is InChI=1S/C27H39NO2/c1-2-3-4-5-6-7-8-9-10-11-15-22-27(29)28-25-20-16-17-21-26(25)30-23-24-18-13-12-14-19-24/h12-14,16-21H,2-11,15,22-23H2,1H3,(H,28,29). The Hall–Kier alpha value is -2.29. The van der Waals surface area contributed by atoms with Crippen molar-refractivity contribution in [2.45, 2.75) is 90.6 Å². The Bertz CT molecular complexity index is 699. The topological polar surface area (TPSA) is 38.3 Å². The molecule has 0 atom stereocenters. The van der Waals surface area contributed by atoms with Crippen LogP contribution in [0.4, 0.5) is 5.69 Å². The Morgan fingerprint density at radius 2 is 1.30 bits per heavy atom. The fraction of sp³-hybridized carbons (Fsp3) is 0.519. The quantitative estimate of drug-likeness (QED) is 0.286. The predicted molar refractivity (Wildman–Crippen MR) is 127 cm³/mol. The zero-order valence-corrected chi connectivity index (χ0v) is 18.7. The van der Waals surface area contributed by atoms with Crippen molar-refractivity contribution >= 4 is 11.6 Å². The maximum Gasteiger partial charge on any atom is 0.224 e. The minimum Gasteiger partial charge on any atom is -0.487 e. The van der Waals surface area contributed by atoms with Crippen LogP contribution in [0.3, 0.4) is 0 Å². The zero-order chi connectivity index (χ0) is 21.3. The molecule has 2 aromatic rings. The van der Waals surface area contributed by atoms with Crippen LogP contribution in [-0.4, -0.2) is 5.91 Å². The molecule has 0 aliphatic heterocycles. The van der Waals surface area contributed by atoms with E-state index < -0.39 is 0 Å². The highest BCUT2D eigenvalue weighted by Crippen LogP contribution is 2.25. The molecule has 0 fully saturated rings. The minimum absolute atomic E-state index is 0.0710. The summed E-state index contributed by atoms with van der Waals surface area (Å²) in [6.07, 6.45) is 14.8. The molecule has 0 saturated heterocycles. The number of amides is 1. The Balaban J connectivity index is 1.58. The van der Waals surface area contributed by atoms with Crippen molar-refractivity contribution in [2.24, 2.45) is 0 Å². The Labute approximate surface area is 183 Å². The van der Waals surface area contributed by atoms with Crippen molar-refractivity contribution in [3.63, 3.8) is 0 Å². The van der Waals surface area contributed by atoms with Gasteiger partial charge in [-0.25, -0.2) is 0 Å². The molecule has 0 aromatic heterocycles. The van der Waals surface area contributed by atoms with Crippen molar-refractivity contribution in [1.82, 2.24) is 0 Å². The third kappa shape index (κ3) is 10.5. The molecule has 0 bridgehead atoms. The van der Waals surface area contributed by atoms with Gasteiger partial charge in [0.2, 0.25) is 5.91 Å². The van der Waals surface area contributed by atoms with Crippen molar-refractivity contribution in [3.8, 4) is 5.75 Å². The lowest BCUT2D eigenvalue weighted by Crippen LogP contribution is -2.12. The Morgan fingerprint density at radius 1 is 0.733 bits per heavy atom. The van der Waals surface area contributed by atoms with Gasteiger partial charge in [-0.15, -0.1) is 0 Å². The molecule has 2 rings (SSSR count). The number of carbonyl (C=O) groups excluding carboxylic acids is 1. The molecular weight excluding hydrogens is 370 g/mol. The smallest absolute Gasteiger partial charge is 0.224 e. The summed E-state index contributed by atoms with van der Waals surface area (Å²) in [6, 6.07) is 17.7. The molecule has 0 aliphatic carbocycles. The number of carbonyl (C=O) groups is 1. The lowest BCUT2D eigenvalue weighted by Gasteiger charge is -2.12. The summed E-state index contributed by atoms with van der Waals surface area (Å²) < 4.78 is 5.92. The van der Waals surface area contributed by atoms with E-state index in [0.29, 0.717) is 18.8 Å². The van der Waals surface area contributed by atoms with Crippen LogP contribution in [0.5, 0.6) is 5.75 Å². The number of hydrogen-bond donors (Lipinski definition) is 1. The molecule has 1 N–H and O–H groups in total. The van der Waals surface area contributed by atoms with E-state index in [2.05, 4.69) is 12.2 Å². The van der Waals surface area contributed by atoms with Crippen LogP contribution >= 0.6 is 0 Å². The molecule has 0 unspecified atom stereocenters. The van der Waals surface area contributed by atoms with E-state index in [1.807, 2.05) is 54.6 Å². The van der Waals surface area contributed by atoms with Crippen LogP contribution < -0.4 is 10.1 Å². The van der Waals surface area contributed by atoms with Gasteiger partial charge in [0.15, 0.2) is 0 Å². The summed E-state index contributed by atoms with van der Waals surface area (Å²) in [5.74, 6) is 0.787. The van der Waals surface area contributed by atoms with E-state index in [-0.39, 0.29) is 5.91 Å². The fourth-order valence-electron chi connectivity index (χ4n) is 3.59. The summed E-state index contributed by atoms with van der Waals surface area (Å²) >= 11 is 0. The lowest BCUT2D eigenvalue weighted by molar-refractivity contribution is -0.116. The van der Waals surface area contributed by atoms with Gasteiger partial charge in [0.25, 0.3) is 0 Å². The van der Waals surface area contributed by atoms with Crippen LogP contribution in [0.15, 0.2) is 54.6 Å². The molecular formula is C27H39NO2. The SMILES string of the molecule is CCCCCCCCCCCCCC(=O)Nc1ccccc1OCc1ccccc1. The van der Waals surface area contributed by atoms with Gasteiger partial charge in [0, 0.05) is 6.42 Å². The van der Waals surface area contributed by atoms with Gasteiger partial charge in [0.05, 0.1) is 5.69 Å². The number of para-hydroxylation sites is 2. The van der Waals surface area contributed by atoms with Crippen LogP contribution in [0, 0.1) is 0 Å². The van der Waals surface area contributed by atoms with Crippen LogP contribution in [0.1, 0.15) is 89.5 Å². The minimum atomic E-state index is 0.0710. The van der Waals surface area contributed by atoms with Crippen molar-refractivity contribution in [3.05, 3.63) is 60.2 Å². The van der Waals surface area contributed by atoms with E-state index in [4.69, 9.17) is 4.74 Å². The van der Waals surface area contributed by atoms with E-state index in [1.54, 1.807) is 0 Å². The maximum absolute atomic E-state index is 12.3. The van der Waals surface area contributed by atoms with E-state index >= 15 is 0 Å². The van der Waals surface area contributed by atoms with Crippen molar-refractivity contribution in [2.75, 3.05) is 5.32 Å². The molecule has 0 radical (unpaired) electrons. The number of unbranched alkanes of at least 4 members (excludes halogenated alkanes) is 10. The number of rotatable bonds is 16. The van der Waals surface area contributed by atoms with Gasteiger partial charge in [-0.3, -0.25) is 4.79 Å². The molecule has 2 aromatic carbocycles. The summed E-state index contributed by atoms with van der Waals surface area (Å²) in [4.78, 5) is 12.3. The molecule has 0 spiro atoms. The summed E-state index contributed by atoms with van der Waals surface area (Å²) in [7, 11) is 0. The number of benzene rings is 2. The fourth-order valence-corrected chi connectivity index (χ4v) is 3.59. The number of nitrogens with one attached hydrogen (secondary N) is 1. The highest BCUT2D eigenvalue weighted by molar-refractivity contribution is 5.92. The third-order valence-electron chi connectivity index (χ3n) is 5.41. The molecule has 3 nitrogen and oxygen atoms in total. The lowest BCUT2D eigenvalue weighted by atomic mass is 10.1. The van der Waals surface area contributed by atoms with Gasteiger partial charge in [-0.2, -0.15) is 0 Å². The van der Waals surface area contributed by atoms with Gasteiger partial charge < -0.3 is 10.1 Å². The number of hydrogen-bond acceptors (Lipinski definition) is 2. The van der Waals surface area contributed by atoms with Crippen molar-refractivity contribution < 1.29 is 9.53 Å². The second-order valence-electron chi connectivity index (χ2n) is 8.10. The van der Waals surface area contributed by atoms with E-state index in [1.165, 1.54) is 57.8 Å². The monoisotopic (exact) mass is 409 g/mol. The first-order chi connectivity index (χ1) is 14.8. The largest absolute Gasteiger partial charge is 0.487 e. The number of anilines is 1. The van der Waals surface area contributed by atoms with Gasteiger partial charge in [-0.05, 0) is 24.1 Å².